The molecule has 0 bridgehead atoms. The molecule has 0 aliphatic rings. The van der Waals surface area contributed by atoms with Crippen LogP contribution in [-0.4, -0.2) is 17.2 Å². The monoisotopic (exact) mass is 384 g/mol. The number of hydrogen-bond acceptors (Lipinski definition) is 4. The number of fused-ring (bicyclic) bond motifs is 1. The van der Waals surface area contributed by atoms with Gasteiger partial charge in [-0.05, 0) is 43.2 Å². The minimum atomic E-state index is -0.265. The zero-order valence-corrected chi connectivity index (χ0v) is 16.8. The van der Waals surface area contributed by atoms with Crippen LogP contribution >= 0.6 is 0 Å². The number of aromatic hydroxyl groups is 1. The summed E-state index contributed by atoms with van der Waals surface area (Å²) in [6, 6.07) is 23.7. The molecule has 4 aromatic rings. The first-order chi connectivity index (χ1) is 14.1. The number of aromatic nitrogens is 1. The Bertz CT molecular complexity index is 1160. The largest absolute Gasteiger partial charge is 0.505 e. The topological polar surface area (TPSA) is 54.4 Å². The Morgan fingerprint density at radius 3 is 2.45 bits per heavy atom. The Balaban J connectivity index is 1.88. The van der Waals surface area contributed by atoms with E-state index in [1.165, 1.54) is 0 Å². The van der Waals surface area contributed by atoms with Gasteiger partial charge in [-0.1, -0.05) is 54.6 Å². The maximum Gasteiger partial charge on any atom is 0.147 e. The van der Waals surface area contributed by atoms with E-state index in [4.69, 9.17) is 4.74 Å². The summed E-state index contributed by atoms with van der Waals surface area (Å²) >= 11 is 0. The summed E-state index contributed by atoms with van der Waals surface area (Å²) in [6.45, 7) is 3.97. The molecule has 3 aromatic carbocycles. The molecular formula is C25H24N2O2. The smallest absolute Gasteiger partial charge is 0.147 e. The second-order valence-corrected chi connectivity index (χ2v) is 7.22. The van der Waals surface area contributed by atoms with Crippen molar-refractivity contribution in [2.45, 2.75) is 19.9 Å². The molecule has 4 rings (SSSR count). The number of pyridine rings is 1. The van der Waals surface area contributed by atoms with Crippen molar-refractivity contribution >= 4 is 16.6 Å². The molecule has 1 atom stereocenters. The minimum absolute atomic E-state index is 0.194. The van der Waals surface area contributed by atoms with Gasteiger partial charge >= 0.3 is 0 Å². The molecule has 1 unspecified atom stereocenters. The second-order valence-electron chi connectivity index (χ2n) is 7.22. The first kappa shape index (κ1) is 18.8. The number of phenolic OH excluding ortho intramolecular Hbond substituents is 1. The number of methoxy groups -OCH3 is 1. The number of nitrogens with one attached hydrogen (secondary N) is 1. The Morgan fingerprint density at radius 1 is 0.931 bits per heavy atom. The Labute approximate surface area is 170 Å². The van der Waals surface area contributed by atoms with Crippen LogP contribution in [0.2, 0.25) is 0 Å². The van der Waals surface area contributed by atoms with Gasteiger partial charge in [0.1, 0.15) is 17.0 Å². The van der Waals surface area contributed by atoms with E-state index >= 15 is 0 Å². The highest BCUT2D eigenvalue weighted by atomic mass is 16.5. The van der Waals surface area contributed by atoms with E-state index in [2.05, 4.69) is 16.4 Å². The second kappa shape index (κ2) is 7.84. The van der Waals surface area contributed by atoms with E-state index in [0.29, 0.717) is 5.52 Å². The van der Waals surface area contributed by atoms with Crippen LogP contribution in [-0.2, 0) is 0 Å². The number of phenols is 1. The van der Waals surface area contributed by atoms with Gasteiger partial charge in [0.2, 0.25) is 0 Å². The van der Waals surface area contributed by atoms with Crippen LogP contribution in [0.3, 0.4) is 0 Å². The average molecular weight is 384 g/mol. The predicted molar refractivity (Wildman–Crippen MR) is 118 cm³/mol. The molecule has 2 N–H and O–H groups in total. The van der Waals surface area contributed by atoms with Crippen molar-refractivity contribution in [2.75, 3.05) is 12.4 Å². The third-order valence-corrected chi connectivity index (χ3v) is 5.10. The Morgan fingerprint density at radius 2 is 1.69 bits per heavy atom. The number of anilines is 1. The van der Waals surface area contributed by atoms with Crippen molar-refractivity contribution in [1.82, 2.24) is 4.98 Å². The van der Waals surface area contributed by atoms with Gasteiger partial charge in [-0.15, -0.1) is 0 Å². The predicted octanol–water partition coefficient (Wildman–Crippen LogP) is 5.77. The highest BCUT2D eigenvalue weighted by molar-refractivity contribution is 5.86. The summed E-state index contributed by atoms with van der Waals surface area (Å²) in [5.74, 6) is 0.949. The molecule has 4 nitrogen and oxygen atoms in total. The number of aryl methyl sites for hydroxylation is 2. The molecule has 29 heavy (non-hydrogen) atoms. The zero-order valence-electron chi connectivity index (χ0n) is 16.8. The van der Waals surface area contributed by atoms with E-state index in [0.717, 1.165) is 39.2 Å². The van der Waals surface area contributed by atoms with E-state index in [1.807, 2.05) is 80.6 Å². The standard InChI is InChI=1S/C25H24N2O2/c1-16-9-14-22(29-3)21(15-16)27-23(18-7-5-4-6-8-18)20-13-12-19-11-10-17(2)26-24(19)25(20)28/h4-15,23,27-28H,1-3H3. The summed E-state index contributed by atoms with van der Waals surface area (Å²) in [5, 5.41) is 15.6. The molecule has 0 radical (unpaired) electrons. The summed E-state index contributed by atoms with van der Waals surface area (Å²) in [6.07, 6.45) is 0. The summed E-state index contributed by atoms with van der Waals surface area (Å²) < 4.78 is 5.55. The molecule has 1 heterocycles. The summed E-state index contributed by atoms with van der Waals surface area (Å²) in [7, 11) is 1.66. The number of benzene rings is 3. The van der Waals surface area contributed by atoms with E-state index in [9.17, 15) is 5.11 Å². The van der Waals surface area contributed by atoms with Crippen molar-refractivity contribution in [2.24, 2.45) is 0 Å². The van der Waals surface area contributed by atoms with E-state index in [-0.39, 0.29) is 11.8 Å². The lowest BCUT2D eigenvalue weighted by Crippen LogP contribution is -2.13. The molecule has 1 aromatic heterocycles. The molecular weight excluding hydrogens is 360 g/mol. The molecule has 0 amide bonds. The van der Waals surface area contributed by atoms with Gasteiger partial charge in [0, 0.05) is 16.6 Å². The van der Waals surface area contributed by atoms with Crippen LogP contribution in [0.15, 0.2) is 72.8 Å². The third-order valence-electron chi connectivity index (χ3n) is 5.10. The maximum absolute atomic E-state index is 11.1. The van der Waals surface area contributed by atoms with Gasteiger partial charge in [-0.2, -0.15) is 0 Å². The molecule has 146 valence electrons. The fourth-order valence-corrected chi connectivity index (χ4v) is 3.60. The molecule has 0 aliphatic carbocycles. The first-order valence-electron chi connectivity index (χ1n) is 9.62. The number of rotatable bonds is 5. The normalized spacial score (nSPS) is 12.0. The highest BCUT2D eigenvalue weighted by Gasteiger charge is 2.21. The fraction of sp³-hybridized carbons (Fsp3) is 0.160. The number of ether oxygens (including phenoxy) is 1. The van der Waals surface area contributed by atoms with Crippen LogP contribution < -0.4 is 10.1 Å². The Kier molecular flexibility index (Phi) is 5.09. The van der Waals surface area contributed by atoms with Gasteiger partial charge in [0.25, 0.3) is 0 Å². The average Bonchev–Trinajstić information content (AvgIpc) is 2.74. The van der Waals surface area contributed by atoms with Crippen molar-refractivity contribution in [3.63, 3.8) is 0 Å². The van der Waals surface area contributed by atoms with E-state index < -0.39 is 0 Å². The lowest BCUT2D eigenvalue weighted by atomic mass is 9.95. The fourth-order valence-electron chi connectivity index (χ4n) is 3.60. The maximum atomic E-state index is 11.1. The minimum Gasteiger partial charge on any atom is -0.505 e. The van der Waals surface area contributed by atoms with Crippen molar-refractivity contribution in [3.05, 3.63) is 95.2 Å². The van der Waals surface area contributed by atoms with Gasteiger partial charge < -0.3 is 15.2 Å². The van der Waals surface area contributed by atoms with Crippen LogP contribution in [0.4, 0.5) is 5.69 Å². The Hall–Kier alpha value is -3.53. The quantitative estimate of drug-likeness (QED) is 0.459. The molecule has 0 fully saturated rings. The SMILES string of the molecule is COc1ccc(C)cc1NC(c1ccccc1)c1ccc2ccc(C)nc2c1O. The number of hydrogen-bond donors (Lipinski definition) is 2. The highest BCUT2D eigenvalue weighted by Crippen LogP contribution is 2.38. The summed E-state index contributed by atoms with van der Waals surface area (Å²) in [4.78, 5) is 4.56. The van der Waals surface area contributed by atoms with Crippen molar-refractivity contribution < 1.29 is 9.84 Å². The van der Waals surface area contributed by atoms with Crippen LogP contribution in [0.5, 0.6) is 11.5 Å². The van der Waals surface area contributed by atoms with Gasteiger partial charge in [0.15, 0.2) is 0 Å². The van der Waals surface area contributed by atoms with Crippen molar-refractivity contribution in [3.8, 4) is 11.5 Å². The van der Waals surface area contributed by atoms with Crippen LogP contribution in [0, 0.1) is 13.8 Å². The molecule has 0 saturated carbocycles. The van der Waals surface area contributed by atoms with Crippen LogP contribution in [0.25, 0.3) is 10.9 Å². The summed E-state index contributed by atoms with van der Waals surface area (Å²) in [5.41, 5.74) is 5.29. The molecule has 0 spiro atoms. The molecule has 4 heteroatoms. The first-order valence-corrected chi connectivity index (χ1v) is 9.62. The molecule has 0 aliphatic heterocycles. The van der Waals surface area contributed by atoms with Gasteiger partial charge in [0.05, 0.1) is 18.8 Å². The molecule has 0 saturated heterocycles. The third kappa shape index (κ3) is 3.74. The van der Waals surface area contributed by atoms with Gasteiger partial charge in [-0.25, -0.2) is 4.98 Å². The van der Waals surface area contributed by atoms with Crippen molar-refractivity contribution in [1.29, 1.82) is 0 Å². The zero-order chi connectivity index (χ0) is 20.4. The van der Waals surface area contributed by atoms with Gasteiger partial charge in [-0.3, -0.25) is 0 Å². The van der Waals surface area contributed by atoms with E-state index in [1.54, 1.807) is 7.11 Å². The lowest BCUT2D eigenvalue weighted by molar-refractivity contribution is 0.416. The number of nitrogens with zero attached hydrogens (tertiary/aromatic N) is 1. The van der Waals surface area contributed by atoms with Crippen LogP contribution in [0.1, 0.15) is 28.4 Å². The lowest BCUT2D eigenvalue weighted by Gasteiger charge is -2.24.